The molecule has 1 N–H and O–H groups in total. The lowest BCUT2D eigenvalue weighted by atomic mass is 10.1. The molecule has 0 radical (unpaired) electrons. The molecule has 1 aromatic heterocycles. The quantitative estimate of drug-likeness (QED) is 0.681. The lowest BCUT2D eigenvalue weighted by Gasteiger charge is -2.05. The van der Waals surface area contributed by atoms with Crippen LogP contribution in [0.1, 0.15) is 23.0 Å². The number of amides is 2. The first kappa shape index (κ1) is 13.6. The van der Waals surface area contributed by atoms with Crippen LogP contribution in [0.15, 0.2) is 54.7 Å². The van der Waals surface area contributed by atoms with E-state index in [9.17, 15) is 9.59 Å². The summed E-state index contributed by atoms with van der Waals surface area (Å²) in [6.45, 7) is 2.06. The van der Waals surface area contributed by atoms with E-state index >= 15 is 0 Å². The molecule has 1 aliphatic rings. The Morgan fingerprint density at radius 2 is 1.78 bits per heavy atom. The van der Waals surface area contributed by atoms with Crippen molar-refractivity contribution in [3.63, 3.8) is 0 Å². The monoisotopic (exact) mass is 305 g/mol. The number of aromatic nitrogens is 2. The fourth-order valence-electron chi connectivity index (χ4n) is 2.90. The summed E-state index contributed by atoms with van der Waals surface area (Å²) < 4.78 is 1.46. The highest BCUT2D eigenvalue weighted by Gasteiger charge is 2.49. The summed E-state index contributed by atoms with van der Waals surface area (Å²) in [7, 11) is 0. The summed E-state index contributed by atoms with van der Waals surface area (Å²) in [6.07, 6.45) is 2.50. The number of H-pyrrole nitrogens is 1. The number of para-hydroxylation sites is 2. The minimum absolute atomic E-state index is 0.318. The Morgan fingerprint density at radius 3 is 2.52 bits per heavy atom. The molecular formula is C18H15N3O2+2. The first-order valence-electron chi connectivity index (χ1n) is 7.54. The van der Waals surface area contributed by atoms with Crippen molar-refractivity contribution in [2.75, 3.05) is 4.90 Å². The van der Waals surface area contributed by atoms with Crippen LogP contribution in [0.5, 0.6) is 0 Å². The Labute approximate surface area is 132 Å². The second-order valence-electron chi connectivity index (χ2n) is 5.47. The van der Waals surface area contributed by atoms with E-state index in [0.717, 1.165) is 17.5 Å². The fraction of sp³-hybridized carbons (Fsp3) is 0.111. The van der Waals surface area contributed by atoms with Gasteiger partial charge in [-0.2, -0.15) is 4.79 Å². The van der Waals surface area contributed by atoms with Gasteiger partial charge in [-0.05, 0) is 30.2 Å². The molecule has 5 heteroatoms. The van der Waals surface area contributed by atoms with E-state index < -0.39 is 0 Å². The fourth-order valence-corrected chi connectivity index (χ4v) is 2.90. The molecule has 0 aliphatic carbocycles. The second kappa shape index (κ2) is 4.98. The van der Waals surface area contributed by atoms with Crippen LogP contribution >= 0.6 is 0 Å². The summed E-state index contributed by atoms with van der Waals surface area (Å²) in [4.78, 5) is 29.8. The molecule has 112 valence electrons. The third kappa shape index (κ3) is 1.93. The Hall–Kier alpha value is -3.08. The van der Waals surface area contributed by atoms with E-state index in [2.05, 4.69) is 11.9 Å². The first-order valence-corrected chi connectivity index (χ1v) is 7.54. The first-order chi connectivity index (χ1) is 11.2. The zero-order valence-corrected chi connectivity index (χ0v) is 12.6. The molecule has 0 unspecified atom stereocenters. The number of hydrogen-bond acceptors (Lipinski definition) is 2. The number of fused-ring (bicyclic) bond motifs is 3. The highest BCUT2D eigenvalue weighted by atomic mass is 16.2. The van der Waals surface area contributed by atoms with Gasteiger partial charge in [0, 0.05) is 6.07 Å². The van der Waals surface area contributed by atoms with E-state index in [0.29, 0.717) is 16.9 Å². The Balaban J connectivity index is 1.87. The number of hydrogen-bond donors (Lipinski definition) is 0. The largest absolute Gasteiger partial charge is 0.512 e. The maximum Gasteiger partial charge on any atom is 0.512 e. The van der Waals surface area contributed by atoms with E-state index in [1.165, 1.54) is 9.47 Å². The van der Waals surface area contributed by atoms with Crippen LogP contribution in [-0.4, -0.2) is 11.9 Å². The van der Waals surface area contributed by atoms with Crippen molar-refractivity contribution in [3.05, 3.63) is 66.0 Å². The zero-order valence-electron chi connectivity index (χ0n) is 12.6. The van der Waals surface area contributed by atoms with E-state index in [1.807, 2.05) is 48.5 Å². The summed E-state index contributed by atoms with van der Waals surface area (Å²) in [6, 6.07) is 14.6. The molecule has 2 aromatic carbocycles. The lowest BCUT2D eigenvalue weighted by molar-refractivity contribution is -0.551. The average Bonchev–Trinajstić information content (AvgIpc) is 2.86. The molecule has 0 atom stereocenters. The van der Waals surface area contributed by atoms with Crippen molar-refractivity contribution < 1.29 is 19.1 Å². The third-order valence-electron chi connectivity index (χ3n) is 4.16. The van der Waals surface area contributed by atoms with Crippen LogP contribution in [0.3, 0.4) is 0 Å². The van der Waals surface area contributed by atoms with Gasteiger partial charge in [-0.1, -0.05) is 31.2 Å². The van der Waals surface area contributed by atoms with Crippen LogP contribution in [0, 0.1) is 0 Å². The highest BCUT2D eigenvalue weighted by Crippen LogP contribution is 2.22. The Morgan fingerprint density at radius 1 is 1.04 bits per heavy atom. The van der Waals surface area contributed by atoms with Gasteiger partial charge >= 0.3 is 11.9 Å². The van der Waals surface area contributed by atoms with Crippen LogP contribution in [0.2, 0.25) is 0 Å². The molecule has 0 saturated carbocycles. The van der Waals surface area contributed by atoms with Gasteiger partial charge in [0.25, 0.3) is 11.2 Å². The topological polar surface area (TPSA) is 55.4 Å². The van der Waals surface area contributed by atoms with Gasteiger partial charge in [0.05, 0.1) is 0 Å². The normalized spacial score (nSPS) is 13.7. The van der Waals surface area contributed by atoms with Crippen molar-refractivity contribution in [1.82, 2.24) is 0 Å². The number of carbonyl (C=O) groups is 2. The predicted octanol–water partition coefficient (Wildman–Crippen LogP) is 2.13. The summed E-state index contributed by atoms with van der Waals surface area (Å²) in [5.74, 6) is -0.318. The maximum atomic E-state index is 12.8. The van der Waals surface area contributed by atoms with Gasteiger partial charge in [-0.15, -0.1) is 9.47 Å². The summed E-state index contributed by atoms with van der Waals surface area (Å²) in [5.41, 5.74) is 3.59. The van der Waals surface area contributed by atoms with Crippen molar-refractivity contribution in [2.24, 2.45) is 0 Å². The SMILES string of the molecule is CCc1ccc(N2C(=O)c3c[nH+]c4ccccc4[n+]3C2=O)cc1. The number of benzene rings is 2. The molecule has 1 aliphatic heterocycles. The summed E-state index contributed by atoms with van der Waals surface area (Å²) in [5, 5.41) is 0. The number of anilines is 1. The van der Waals surface area contributed by atoms with Gasteiger partial charge in [0.1, 0.15) is 5.69 Å². The minimum atomic E-state index is -0.348. The highest BCUT2D eigenvalue weighted by molar-refractivity contribution is 6.21. The van der Waals surface area contributed by atoms with E-state index in [1.54, 1.807) is 6.20 Å². The standard InChI is InChI=1S/C18H14N3O2/c1-2-12-7-9-13(10-8-12)20-17(22)16-11-19-14-5-3-4-6-15(14)21(16)18(20)23/h3-11H,2H2,1H3/q+1/p+1. The van der Waals surface area contributed by atoms with Gasteiger partial charge in [-0.25, -0.2) is 9.78 Å². The number of imide groups is 1. The van der Waals surface area contributed by atoms with Crippen LogP contribution < -0.4 is 14.5 Å². The molecule has 0 saturated heterocycles. The lowest BCUT2D eigenvalue weighted by Crippen LogP contribution is -2.47. The molecule has 2 amide bonds. The van der Waals surface area contributed by atoms with Gasteiger partial charge in [0.15, 0.2) is 0 Å². The second-order valence-corrected chi connectivity index (χ2v) is 5.47. The molecule has 2 heterocycles. The van der Waals surface area contributed by atoms with Gasteiger partial charge in [0.2, 0.25) is 11.7 Å². The number of aryl methyl sites for hydroxylation is 1. The number of nitrogens with zero attached hydrogens (tertiary/aromatic N) is 2. The van der Waals surface area contributed by atoms with Crippen molar-refractivity contribution >= 4 is 28.7 Å². The van der Waals surface area contributed by atoms with Crippen molar-refractivity contribution in [1.29, 1.82) is 0 Å². The molecule has 3 aromatic rings. The number of carbonyl (C=O) groups excluding carboxylic acids is 2. The number of aromatic amines is 1. The van der Waals surface area contributed by atoms with Crippen LogP contribution in [0.25, 0.3) is 11.0 Å². The number of nitrogens with one attached hydrogen (secondary N) is 1. The zero-order chi connectivity index (χ0) is 16.0. The predicted molar refractivity (Wildman–Crippen MR) is 84.1 cm³/mol. The van der Waals surface area contributed by atoms with Crippen molar-refractivity contribution in [2.45, 2.75) is 13.3 Å². The van der Waals surface area contributed by atoms with E-state index in [4.69, 9.17) is 0 Å². The average molecular weight is 305 g/mol. The number of rotatable bonds is 2. The van der Waals surface area contributed by atoms with E-state index in [-0.39, 0.29) is 11.9 Å². The minimum Gasteiger partial charge on any atom is -0.236 e. The van der Waals surface area contributed by atoms with Crippen LogP contribution in [0.4, 0.5) is 10.5 Å². The maximum absolute atomic E-state index is 12.8. The molecule has 0 fully saturated rings. The molecule has 23 heavy (non-hydrogen) atoms. The summed E-state index contributed by atoms with van der Waals surface area (Å²) >= 11 is 0. The molecular weight excluding hydrogens is 290 g/mol. The smallest absolute Gasteiger partial charge is 0.236 e. The van der Waals surface area contributed by atoms with Gasteiger partial charge < -0.3 is 0 Å². The van der Waals surface area contributed by atoms with Crippen molar-refractivity contribution in [3.8, 4) is 0 Å². The Kier molecular flexibility index (Phi) is 2.94. The molecule has 0 spiro atoms. The van der Waals surface area contributed by atoms with Crippen LogP contribution in [-0.2, 0) is 6.42 Å². The van der Waals surface area contributed by atoms with Gasteiger partial charge in [-0.3, -0.25) is 0 Å². The molecule has 5 nitrogen and oxygen atoms in total. The Bertz CT molecular complexity index is 948. The molecule has 0 bridgehead atoms. The third-order valence-corrected chi connectivity index (χ3v) is 4.16. The molecule has 4 rings (SSSR count).